The number of aryl methyl sites for hydroxylation is 1. The summed E-state index contributed by atoms with van der Waals surface area (Å²) in [6.07, 6.45) is 1.69. The van der Waals surface area contributed by atoms with Crippen LogP contribution in [0.15, 0.2) is 0 Å². The average molecular weight is 196 g/mol. The number of nitrogens with two attached hydrogens (primary N) is 1. The van der Waals surface area contributed by atoms with Crippen LogP contribution >= 0.6 is 0 Å². The van der Waals surface area contributed by atoms with Crippen molar-refractivity contribution in [2.75, 3.05) is 11.9 Å². The van der Waals surface area contributed by atoms with Crippen molar-refractivity contribution in [2.24, 2.45) is 18.2 Å². The van der Waals surface area contributed by atoms with Crippen molar-refractivity contribution >= 4 is 11.9 Å². The Bertz CT molecular complexity index is 355. The molecule has 1 aromatic heterocycles. The Labute approximate surface area is 80.6 Å². The maximum atomic E-state index is 11.6. The SMILES string of the molecule is Cn1nnc(NC(=O)C2(CN)CC2)n1. The van der Waals surface area contributed by atoms with E-state index in [2.05, 4.69) is 20.7 Å². The highest BCUT2D eigenvalue weighted by Crippen LogP contribution is 2.45. The molecule has 1 heterocycles. The number of anilines is 1. The van der Waals surface area contributed by atoms with Gasteiger partial charge in [0, 0.05) is 6.54 Å². The number of hydrogen-bond donors (Lipinski definition) is 2. The van der Waals surface area contributed by atoms with Gasteiger partial charge in [-0.3, -0.25) is 10.1 Å². The number of nitrogens with one attached hydrogen (secondary N) is 1. The summed E-state index contributed by atoms with van der Waals surface area (Å²) in [6, 6.07) is 0. The zero-order valence-corrected chi connectivity index (χ0v) is 7.90. The third kappa shape index (κ3) is 1.46. The molecule has 1 aliphatic rings. The number of rotatable bonds is 3. The summed E-state index contributed by atoms with van der Waals surface area (Å²) in [6.45, 7) is 0.374. The first-order chi connectivity index (χ1) is 6.66. The Balaban J connectivity index is 2.01. The lowest BCUT2D eigenvalue weighted by Gasteiger charge is -2.09. The fourth-order valence-corrected chi connectivity index (χ4v) is 1.24. The summed E-state index contributed by atoms with van der Waals surface area (Å²) >= 11 is 0. The lowest BCUT2D eigenvalue weighted by Crippen LogP contribution is -2.31. The number of hydrogen-bond acceptors (Lipinski definition) is 5. The number of tetrazole rings is 1. The molecule has 0 spiro atoms. The van der Waals surface area contributed by atoms with Gasteiger partial charge in [0.25, 0.3) is 5.95 Å². The second kappa shape index (κ2) is 3.02. The van der Waals surface area contributed by atoms with Gasteiger partial charge in [0.15, 0.2) is 0 Å². The maximum Gasteiger partial charge on any atom is 0.270 e. The van der Waals surface area contributed by atoms with Gasteiger partial charge in [-0.15, -0.1) is 5.10 Å². The highest BCUT2D eigenvalue weighted by atomic mass is 16.2. The maximum absolute atomic E-state index is 11.6. The second-order valence-corrected chi connectivity index (χ2v) is 3.54. The molecule has 7 heteroatoms. The van der Waals surface area contributed by atoms with Crippen LogP contribution in [0.2, 0.25) is 0 Å². The summed E-state index contributed by atoms with van der Waals surface area (Å²) < 4.78 is 0. The summed E-state index contributed by atoms with van der Waals surface area (Å²) in [5.41, 5.74) is 5.13. The van der Waals surface area contributed by atoms with Gasteiger partial charge in [-0.25, -0.2) is 0 Å². The number of amides is 1. The molecule has 3 N–H and O–H groups in total. The van der Waals surface area contributed by atoms with E-state index in [0.29, 0.717) is 6.54 Å². The van der Waals surface area contributed by atoms with Crippen LogP contribution in [0.3, 0.4) is 0 Å². The van der Waals surface area contributed by atoms with Crippen LogP contribution < -0.4 is 11.1 Å². The fraction of sp³-hybridized carbons (Fsp3) is 0.714. The van der Waals surface area contributed by atoms with Gasteiger partial charge in [0.2, 0.25) is 5.91 Å². The van der Waals surface area contributed by atoms with E-state index in [1.165, 1.54) is 4.80 Å². The summed E-state index contributed by atoms with van der Waals surface area (Å²) in [5, 5.41) is 13.7. The highest BCUT2D eigenvalue weighted by molar-refractivity contribution is 5.95. The number of nitrogens with zero attached hydrogens (tertiary/aromatic N) is 4. The van der Waals surface area contributed by atoms with E-state index in [-0.39, 0.29) is 17.3 Å². The Hall–Kier alpha value is -1.50. The van der Waals surface area contributed by atoms with E-state index in [4.69, 9.17) is 5.73 Å². The van der Waals surface area contributed by atoms with Crippen LogP contribution in [0.5, 0.6) is 0 Å². The Morgan fingerprint density at radius 2 is 2.43 bits per heavy atom. The molecule has 14 heavy (non-hydrogen) atoms. The molecular weight excluding hydrogens is 184 g/mol. The van der Waals surface area contributed by atoms with Gasteiger partial charge in [-0.1, -0.05) is 5.10 Å². The minimum Gasteiger partial charge on any atom is -0.329 e. The number of carbonyl (C=O) groups is 1. The normalized spacial score (nSPS) is 17.9. The van der Waals surface area contributed by atoms with Gasteiger partial charge in [0.05, 0.1) is 12.5 Å². The van der Waals surface area contributed by atoms with Crippen molar-refractivity contribution < 1.29 is 4.79 Å². The van der Waals surface area contributed by atoms with Crippen LogP contribution in [0.1, 0.15) is 12.8 Å². The van der Waals surface area contributed by atoms with E-state index in [1.54, 1.807) is 7.05 Å². The molecule has 7 nitrogen and oxygen atoms in total. The molecule has 2 rings (SSSR count). The first kappa shape index (κ1) is 9.07. The van der Waals surface area contributed by atoms with Crippen molar-refractivity contribution in [3.63, 3.8) is 0 Å². The van der Waals surface area contributed by atoms with Gasteiger partial charge in [0.1, 0.15) is 0 Å². The Morgan fingerprint density at radius 1 is 1.71 bits per heavy atom. The van der Waals surface area contributed by atoms with Crippen LogP contribution in [-0.2, 0) is 11.8 Å². The Morgan fingerprint density at radius 3 is 2.86 bits per heavy atom. The average Bonchev–Trinajstić information content (AvgIpc) is 2.87. The second-order valence-electron chi connectivity index (χ2n) is 3.54. The summed E-state index contributed by atoms with van der Waals surface area (Å²) in [5.74, 6) is 0.130. The molecule has 0 radical (unpaired) electrons. The third-order valence-corrected chi connectivity index (χ3v) is 2.46. The highest BCUT2D eigenvalue weighted by Gasteiger charge is 2.48. The first-order valence-electron chi connectivity index (χ1n) is 4.42. The van der Waals surface area contributed by atoms with E-state index >= 15 is 0 Å². The van der Waals surface area contributed by atoms with E-state index < -0.39 is 0 Å². The van der Waals surface area contributed by atoms with E-state index in [9.17, 15) is 4.79 Å². The van der Waals surface area contributed by atoms with Crippen molar-refractivity contribution in [1.29, 1.82) is 0 Å². The van der Waals surface area contributed by atoms with Gasteiger partial charge in [-0.2, -0.15) is 4.80 Å². The Kier molecular flexibility index (Phi) is 1.95. The molecule has 1 amide bonds. The molecule has 76 valence electrons. The van der Waals surface area contributed by atoms with Crippen LogP contribution in [0, 0.1) is 5.41 Å². The predicted molar refractivity (Wildman–Crippen MR) is 48.1 cm³/mol. The molecule has 0 bridgehead atoms. The van der Waals surface area contributed by atoms with Crippen molar-refractivity contribution in [2.45, 2.75) is 12.8 Å². The lowest BCUT2D eigenvalue weighted by molar-refractivity contribution is -0.120. The molecule has 0 aliphatic heterocycles. The summed E-state index contributed by atoms with van der Waals surface area (Å²) in [4.78, 5) is 12.9. The van der Waals surface area contributed by atoms with Crippen molar-refractivity contribution in [3.8, 4) is 0 Å². The predicted octanol–water partition coefficient (Wildman–Crippen LogP) is -1.11. The van der Waals surface area contributed by atoms with E-state index in [0.717, 1.165) is 12.8 Å². The van der Waals surface area contributed by atoms with Crippen LogP contribution in [0.4, 0.5) is 5.95 Å². The third-order valence-electron chi connectivity index (χ3n) is 2.46. The smallest absolute Gasteiger partial charge is 0.270 e. The lowest BCUT2D eigenvalue weighted by atomic mass is 10.1. The zero-order valence-electron chi connectivity index (χ0n) is 7.90. The molecule has 1 fully saturated rings. The molecular formula is C7H12N6O. The topological polar surface area (TPSA) is 98.7 Å². The first-order valence-corrected chi connectivity index (χ1v) is 4.42. The van der Waals surface area contributed by atoms with E-state index in [1.807, 2.05) is 0 Å². The van der Waals surface area contributed by atoms with Crippen LogP contribution in [0.25, 0.3) is 0 Å². The van der Waals surface area contributed by atoms with Crippen molar-refractivity contribution in [3.05, 3.63) is 0 Å². The zero-order chi connectivity index (χ0) is 10.2. The minimum absolute atomic E-state index is 0.104. The monoisotopic (exact) mass is 196 g/mol. The molecule has 0 saturated heterocycles. The minimum atomic E-state index is -0.376. The van der Waals surface area contributed by atoms with Crippen molar-refractivity contribution in [1.82, 2.24) is 20.2 Å². The van der Waals surface area contributed by atoms with Gasteiger partial charge >= 0.3 is 0 Å². The largest absolute Gasteiger partial charge is 0.329 e. The standard InChI is InChI=1S/C7H12N6O/c1-13-11-6(10-12-13)9-5(14)7(4-8)2-3-7/h2-4,8H2,1H3,(H,9,11,14). The summed E-state index contributed by atoms with van der Waals surface area (Å²) in [7, 11) is 1.64. The molecule has 0 unspecified atom stereocenters. The number of aromatic nitrogens is 4. The molecule has 1 aromatic rings. The molecule has 1 aliphatic carbocycles. The molecule has 0 aromatic carbocycles. The van der Waals surface area contributed by atoms with Gasteiger partial charge in [-0.05, 0) is 18.1 Å². The van der Waals surface area contributed by atoms with Crippen LogP contribution in [-0.4, -0.2) is 32.7 Å². The quantitative estimate of drug-likeness (QED) is 0.638. The fourth-order valence-electron chi connectivity index (χ4n) is 1.24. The number of carbonyl (C=O) groups excluding carboxylic acids is 1. The molecule has 0 atom stereocenters. The van der Waals surface area contributed by atoms with Gasteiger partial charge < -0.3 is 5.73 Å². The molecule has 1 saturated carbocycles.